The summed E-state index contributed by atoms with van der Waals surface area (Å²) in [5.74, 6) is 5.41. The monoisotopic (exact) mass is 455 g/mol. The number of rotatable bonds is 9. The second-order valence-corrected chi connectivity index (χ2v) is 7.49. The number of ether oxygens (including phenoxy) is 2. The molecule has 0 aliphatic carbocycles. The van der Waals surface area contributed by atoms with Gasteiger partial charge >= 0.3 is 5.97 Å². The van der Waals surface area contributed by atoms with E-state index in [1.807, 2.05) is 24.3 Å². The Kier molecular flexibility index (Phi) is 16.1. The predicted octanol–water partition coefficient (Wildman–Crippen LogP) is 1.84. The molecule has 0 saturated carbocycles. The van der Waals surface area contributed by atoms with E-state index in [2.05, 4.69) is 16.6 Å². The van der Waals surface area contributed by atoms with Crippen LogP contribution in [-0.2, 0) is 25.5 Å². The zero-order chi connectivity index (χ0) is 21.1. The number of amides is 1. The van der Waals surface area contributed by atoms with E-state index in [0.717, 1.165) is 24.8 Å². The summed E-state index contributed by atoms with van der Waals surface area (Å²) < 4.78 is 9.56. The molecule has 2 rings (SSSR count). The standard InChI is InChI=1S/C22H28ClNO5.B.Na/c1-28-22(27)16-29-13-3-2-12-24-19(8-5-9-21(24)26)10-11-20(25)15-17-6-4-7-18(23)14-17;;/h4,6-7,14,19-20,25H,5,8-13,15-16H2,1H3;;/t19-,20?;;/m1../s1. The quantitative estimate of drug-likeness (QED) is 0.266. The maximum Gasteiger partial charge on any atom is 0.331 e. The first-order valence-electron chi connectivity index (χ1n) is 9.82. The molecule has 6 nitrogen and oxygen atoms in total. The number of aliphatic hydroxyl groups is 1. The molecule has 9 heteroatoms. The zero-order valence-electron chi connectivity index (χ0n) is 18.3. The molecule has 1 aliphatic rings. The van der Waals surface area contributed by atoms with Crippen molar-refractivity contribution in [1.82, 2.24) is 4.90 Å². The van der Waals surface area contributed by atoms with Crippen molar-refractivity contribution in [3.8, 4) is 11.8 Å². The van der Waals surface area contributed by atoms with Crippen LogP contribution in [0.3, 0.4) is 0 Å². The first kappa shape index (κ1) is 30.0. The van der Waals surface area contributed by atoms with E-state index in [0.29, 0.717) is 30.8 Å². The van der Waals surface area contributed by atoms with Gasteiger partial charge in [0, 0.05) is 55.5 Å². The molecule has 1 N–H and O–H groups in total. The third-order valence-electron chi connectivity index (χ3n) is 4.88. The number of likely N-dealkylation sites (tertiary alicyclic amines) is 1. The van der Waals surface area contributed by atoms with Crippen LogP contribution in [-0.4, -0.2) is 98.9 Å². The van der Waals surface area contributed by atoms with Gasteiger partial charge in [-0.25, -0.2) is 4.79 Å². The Morgan fingerprint density at radius 3 is 2.87 bits per heavy atom. The minimum absolute atomic E-state index is 0. The van der Waals surface area contributed by atoms with Crippen LogP contribution in [0.1, 0.15) is 37.7 Å². The number of carbonyl (C=O) groups excluding carboxylic acids is 2. The molecule has 31 heavy (non-hydrogen) atoms. The van der Waals surface area contributed by atoms with Gasteiger partial charge in [0.15, 0.2) is 0 Å². The maximum atomic E-state index is 12.3. The fourth-order valence-electron chi connectivity index (χ4n) is 3.37. The molecule has 0 spiro atoms. The summed E-state index contributed by atoms with van der Waals surface area (Å²) in [5.41, 5.74) is 0.999. The Balaban J connectivity index is 0.00000450. The first-order chi connectivity index (χ1) is 14.0. The Hall–Kier alpha value is -1.01. The van der Waals surface area contributed by atoms with Crippen LogP contribution in [0.25, 0.3) is 0 Å². The molecular weight excluding hydrogens is 427 g/mol. The molecule has 4 radical (unpaired) electrons. The van der Waals surface area contributed by atoms with Crippen LogP contribution in [0.4, 0.5) is 0 Å². The molecule has 1 unspecified atom stereocenters. The summed E-state index contributed by atoms with van der Waals surface area (Å²) in [6.45, 7) is 0.302. The number of piperidine rings is 1. The Morgan fingerprint density at radius 1 is 1.39 bits per heavy atom. The number of aliphatic hydroxyl groups excluding tert-OH is 1. The molecule has 1 amide bonds. The van der Waals surface area contributed by atoms with Crippen LogP contribution in [0.2, 0.25) is 5.02 Å². The molecule has 1 saturated heterocycles. The third-order valence-corrected chi connectivity index (χ3v) is 5.11. The van der Waals surface area contributed by atoms with Gasteiger partial charge in [0.25, 0.3) is 0 Å². The van der Waals surface area contributed by atoms with E-state index in [1.165, 1.54) is 7.11 Å². The van der Waals surface area contributed by atoms with Crippen molar-refractivity contribution >= 4 is 61.4 Å². The van der Waals surface area contributed by atoms with Gasteiger partial charge in [-0.2, -0.15) is 0 Å². The van der Waals surface area contributed by atoms with E-state index in [9.17, 15) is 14.7 Å². The van der Waals surface area contributed by atoms with Gasteiger partial charge in [0.1, 0.15) is 13.2 Å². The summed E-state index contributed by atoms with van der Waals surface area (Å²) in [4.78, 5) is 25.1. The molecule has 162 valence electrons. The van der Waals surface area contributed by atoms with Crippen LogP contribution in [0, 0.1) is 11.8 Å². The predicted molar refractivity (Wildman–Crippen MR) is 122 cm³/mol. The Bertz CT molecular complexity index is 755. The number of esters is 1. The zero-order valence-corrected chi connectivity index (χ0v) is 21.1. The normalized spacial score (nSPS) is 16.3. The summed E-state index contributed by atoms with van der Waals surface area (Å²) in [6.07, 6.45) is 3.70. The molecule has 1 aromatic carbocycles. The average molecular weight is 456 g/mol. The van der Waals surface area contributed by atoms with Gasteiger partial charge < -0.3 is 19.5 Å². The summed E-state index contributed by atoms with van der Waals surface area (Å²) in [5, 5.41) is 11.0. The van der Waals surface area contributed by atoms with Crippen molar-refractivity contribution in [1.29, 1.82) is 0 Å². The number of hydrogen-bond donors (Lipinski definition) is 1. The first-order valence-corrected chi connectivity index (χ1v) is 10.2. The average Bonchev–Trinajstić information content (AvgIpc) is 2.70. The van der Waals surface area contributed by atoms with E-state index in [-0.39, 0.29) is 63.1 Å². The molecule has 1 heterocycles. The smallest absolute Gasteiger partial charge is 0.331 e. The minimum Gasteiger partial charge on any atom is -0.467 e. The minimum atomic E-state index is -0.481. The largest absolute Gasteiger partial charge is 0.467 e. The third kappa shape index (κ3) is 11.4. The maximum absolute atomic E-state index is 12.3. The fraction of sp³-hybridized carbons (Fsp3) is 0.545. The number of benzene rings is 1. The van der Waals surface area contributed by atoms with Gasteiger partial charge in [0.2, 0.25) is 5.91 Å². The number of halogens is 1. The van der Waals surface area contributed by atoms with Crippen molar-refractivity contribution in [3.05, 3.63) is 34.9 Å². The Labute approximate surface area is 213 Å². The van der Waals surface area contributed by atoms with Gasteiger partial charge in [-0.15, -0.1) is 0 Å². The van der Waals surface area contributed by atoms with Crippen LogP contribution in [0.15, 0.2) is 24.3 Å². The number of nitrogens with zero attached hydrogens (tertiary/aromatic N) is 1. The second kappa shape index (κ2) is 16.6. The van der Waals surface area contributed by atoms with Gasteiger partial charge in [-0.3, -0.25) is 4.79 Å². The summed E-state index contributed by atoms with van der Waals surface area (Å²) >= 11 is 5.99. The topological polar surface area (TPSA) is 76.1 Å². The molecule has 1 fully saturated rings. The van der Waals surface area contributed by atoms with E-state index in [4.69, 9.17) is 16.3 Å². The number of carbonyl (C=O) groups is 2. The van der Waals surface area contributed by atoms with Crippen molar-refractivity contribution in [2.45, 2.75) is 50.7 Å². The van der Waals surface area contributed by atoms with Gasteiger partial charge in [-0.05, 0) is 49.8 Å². The Morgan fingerprint density at radius 2 is 2.16 bits per heavy atom. The van der Waals surface area contributed by atoms with Crippen molar-refractivity contribution in [2.75, 3.05) is 26.9 Å². The van der Waals surface area contributed by atoms with Crippen LogP contribution in [0.5, 0.6) is 0 Å². The van der Waals surface area contributed by atoms with Crippen LogP contribution >= 0.6 is 11.6 Å². The molecule has 0 bridgehead atoms. The molecular formula is C22H28BClNNaO5. The van der Waals surface area contributed by atoms with Crippen molar-refractivity contribution < 1.29 is 24.2 Å². The molecule has 2 atom stereocenters. The van der Waals surface area contributed by atoms with E-state index in [1.54, 1.807) is 4.90 Å². The van der Waals surface area contributed by atoms with Gasteiger partial charge in [-0.1, -0.05) is 35.6 Å². The van der Waals surface area contributed by atoms with Crippen molar-refractivity contribution in [2.24, 2.45) is 0 Å². The molecule has 0 aromatic heterocycles. The van der Waals surface area contributed by atoms with Gasteiger partial charge in [0.05, 0.1) is 19.8 Å². The van der Waals surface area contributed by atoms with E-state index >= 15 is 0 Å². The fourth-order valence-corrected chi connectivity index (χ4v) is 3.58. The molecule has 1 aliphatic heterocycles. The summed E-state index contributed by atoms with van der Waals surface area (Å²) in [7, 11) is 1.30. The second-order valence-electron chi connectivity index (χ2n) is 7.06. The van der Waals surface area contributed by atoms with Crippen molar-refractivity contribution in [3.63, 3.8) is 0 Å². The number of hydrogen-bond acceptors (Lipinski definition) is 5. The van der Waals surface area contributed by atoms with E-state index < -0.39 is 12.1 Å². The molecule has 1 aromatic rings. The summed E-state index contributed by atoms with van der Waals surface area (Å²) in [6, 6.07) is 7.57. The SMILES string of the molecule is COC(=O)COCC#CCN1C(=O)CCC[C@@H]1CCC(O)Cc1cccc(Cl)c1.[B].[Na]. The van der Waals surface area contributed by atoms with Crippen LogP contribution < -0.4 is 0 Å². The number of methoxy groups -OCH3 is 1.